The van der Waals surface area contributed by atoms with E-state index in [1.54, 1.807) is 13.0 Å². The molecule has 0 spiro atoms. The van der Waals surface area contributed by atoms with E-state index in [2.05, 4.69) is 0 Å². The summed E-state index contributed by atoms with van der Waals surface area (Å²) in [5.74, 6) is -3.67. The Kier molecular flexibility index (Phi) is 3.38. The number of aromatic carboxylic acids is 1. The van der Waals surface area contributed by atoms with E-state index in [4.69, 9.17) is 5.11 Å². The molecule has 1 aromatic rings. The minimum atomic E-state index is -2.56. The number of halogens is 3. The molecule has 1 aromatic carbocycles. The number of hydrogen-bond acceptors (Lipinski definition) is 1. The van der Waals surface area contributed by atoms with E-state index in [-0.39, 0.29) is 24.3 Å². The summed E-state index contributed by atoms with van der Waals surface area (Å²) in [6.07, 6.45) is -0.259. The lowest BCUT2D eigenvalue weighted by Gasteiger charge is -2.37. The summed E-state index contributed by atoms with van der Waals surface area (Å²) in [4.78, 5) is 11.1. The minimum Gasteiger partial charge on any atom is -0.478 e. The predicted molar refractivity (Wildman–Crippen MR) is 72.5 cm³/mol. The zero-order valence-electron chi connectivity index (χ0n) is 10.1. The van der Waals surface area contributed by atoms with Gasteiger partial charge >= 0.3 is 5.97 Å². The average Bonchev–Trinajstić information content (AvgIpc) is 2.20. The van der Waals surface area contributed by atoms with Crippen LogP contribution in [0.3, 0.4) is 0 Å². The highest BCUT2D eigenvalue weighted by atomic mass is 127. The first-order chi connectivity index (χ1) is 8.23. The van der Waals surface area contributed by atoms with E-state index in [1.165, 1.54) is 0 Å². The number of carbonyl (C=O) groups is 1. The predicted octanol–water partition coefficient (Wildman–Crippen LogP) is 4.12. The monoisotopic (exact) mass is 366 g/mol. The van der Waals surface area contributed by atoms with Crippen LogP contribution in [-0.2, 0) is 0 Å². The molecule has 0 atom stereocenters. The van der Waals surface area contributed by atoms with Crippen LogP contribution >= 0.6 is 22.6 Å². The molecule has 1 N–H and O–H groups in total. The maximum absolute atomic E-state index is 12.9. The molecule has 5 heteroatoms. The summed E-state index contributed by atoms with van der Waals surface area (Å²) >= 11 is 2.04. The fourth-order valence-corrected chi connectivity index (χ4v) is 3.64. The first-order valence-electron chi connectivity index (χ1n) is 5.63. The lowest BCUT2D eigenvalue weighted by atomic mass is 9.74. The molecule has 0 saturated heterocycles. The van der Waals surface area contributed by atoms with Crippen LogP contribution in [0.15, 0.2) is 6.07 Å². The summed E-state index contributed by atoms with van der Waals surface area (Å²) in [5.41, 5.74) is 2.66. The van der Waals surface area contributed by atoms with E-state index < -0.39 is 11.9 Å². The summed E-state index contributed by atoms with van der Waals surface area (Å²) in [6, 6.07) is 1.58. The molecule has 0 aliphatic heterocycles. The van der Waals surface area contributed by atoms with Crippen LogP contribution in [0, 0.1) is 17.4 Å². The number of benzene rings is 1. The Morgan fingerprint density at radius 1 is 1.39 bits per heavy atom. The van der Waals surface area contributed by atoms with E-state index in [1.807, 2.05) is 29.5 Å². The molecule has 1 aliphatic rings. The van der Waals surface area contributed by atoms with Gasteiger partial charge in [-0.05, 0) is 65.1 Å². The molecule has 1 saturated carbocycles. The maximum atomic E-state index is 12.9. The number of alkyl halides is 2. The second-order valence-electron chi connectivity index (χ2n) is 4.84. The van der Waals surface area contributed by atoms with Crippen LogP contribution in [0.4, 0.5) is 8.78 Å². The van der Waals surface area contributed by atoms with Gasteiger partial charge in [-0.15, -0.1) is 0 Å². The number of carboxylic acid groups (broad SMARTS) is 1. The third-order valence-electron chi connectivity index (χ3n) is 3.63. The third-order valence-corrected chi connectivity index (χ3v) is 4.52. The largest absolute Gasteiger partial charge is 0.478 e. The number of rotatable bonds is 2. The van der Waals surface area contributed by atoms with Crippen molar-refractivity contribution in [2.45, 2.75) is 38.5 Å². The molecule has 1 aliphatic carbocycles. The van der Waals surface area contributed by atoms with Crippen molar-refractivity contribution in [3.63, 3.8) is 0 Å². The quantitative estimate of drug-likeness (QED) is 0.800. The molecule has 18 heavy (non-hydrogen) atoms. The van der Waals surface area contributed by atoms with Crippen molar-refractivity contribution in [2.75, 3.05) is 0 Å². The second-order valence-corrected chi connectivity index (χ2v) is 6.00. The SMILES string of the molecule is Cc1c(C(=O)O)cc(I)c(C2CC(F)(F)C2)c1C. The Morgan fingerprint density at radius 2 is 1.94 bits per heavy atom. The van der Waals surface area contributed by atoms with Gasteiger partial charge in [0.05, 0.1) is 5.56 Å². The van der Waals surface area contributed by atoms with Gasteiger partial charge in [-0.25, -0.2) is 13.6 Å². The zero-order chi connectivity index (χ0) is 13.7. The van der Waals surface area contributed by atoms with Gasteiger partial charge < -0.3 is 5.11 Å². The average molecular weight is 366 g/mol. The van der Waals surface area contributed by atoms with Crippen molar-refractivity contribution < 1.29 is 18.7 Å². The molecular formula is C13H13F2IO2. The standard InChI is InChI=1S/C13H13F2IO2/c1-6-7(2)11(8-4-13(14,15)5-8)10(16)3-9(6)12(17)18/h3,8H,4-5H2,1-2H3,(H,17,18). The van der Waals surface area contributed by atoms with Crippen molar-refractivity contribution in [3.8, 4) is 0 Å². The normalized spacial score (nSPS) is 18.5. The van der Waals surface area contributed by atoms with Crippen molar-refractivity contribution >= 4 is 28.6 Å². The molecule has 0 bridgehead atoms. The van der Waals surface area contributed by atoms with Gasteiger partial charge in [0, 0.05) is 16.4 Å². The fraction of sp³-hybridized carbons (Fsp3) is 0.462. The van der Waals surface area contributed by atoms with Crippen LogP contribution in [0.25, 0.3) is 0 Å². The van der Waals surface area contributed by atoms with Crippen molar-refractivity contribution in [2.24, 2.45) is 0 Å². The van der Waals surface area contributed by atoms with E-state index in [9.17, 15) is 13.6 Å². The Morgan fingerprint density at radius 3 is 2.39 bits per heavy atom. The molecule has 0 amide bonds. The molecule has 0 unspecified atom stereocenters. The van der Waals surface area contributed by atoms with Gasteiger partial charge in [0.1, 0.15) is 0 Å². The Labute approximate surface area is 118 Å². The third kappa shape index (κ3) is 2.24. The molecule has 2 rings (SSSR count). The van der Waals surface area contributed by atoms with Gasteiger partial charge in [0.25, 0.3) is 0 Å². The summed E-state index contributed by atoms with van der Waals surface area (Å²) in [6.45, 7) is 3.55. The van der Waals surface area contributed by atoms with Gasteiger partial charge in [-0.3, -0.25) is 0 Å². The highest BCUT2D eigenvalue weighted by Crippen LogP contribution is 2.50. The summed E-state index contributed by atoms with van der Waals surface area (Å²) < 4.78 is 26.7. The number of hydrogen-bond donors (Lipinski definition) is 1. The Hall–Kier alpha value is -0.720. The fourth-order valence-electron chi connectivity index (χ4n) is 2.48. The molecule has 2 nitrogen and oxygen atoms in total. The van der Waals surface area contributed by atoms with Gasteiger partial charge in [-0.2, -0.15) is 0 Å². The minimum absolute atomic E-state index is 0.129. The Balaban J connectivity index is 2.45. The molecule has 0 aromatic heterocycles. The van der Waals surface area contributed by atoms with Crippen LogP contribution < -0.4 is 0 Å². The molecule has 1 fully saturated rings. The van der Waals surface area contributed by atoms with Gasteiger partial charge in [-0.1, -0.05) is 0 Å². The van der Waals surface area contributed by atoms with Gasteiger partial charge in [0.2, 0.25) is 5.92 Å². The molecule has 0 radical (unpaired) electrons. The van der Waals surface area contributed by atoms with Crippen molar-refractivity contribution in [1.82, 2.24) is 0 Å². The van der Waals surface area contributed by atoms with E-state index in [0.29, 0.717) is 5.56 Å². The van der Waals surface area contributed by atoms with Crippen LogP contribution in [0.1, 0.15) is 45.8 Å². The summed E-state index contributed by atoms with van der Waals surface area (Å²) in [5, 5.41) is 9.07. The van der Waals surface area contributed by atoms with Crippen molar-refractivity contribution in [1.29, 1.82) is 0 Å². The lowest BCUT2D eigenvalue weighted by Crippen LogP contribution is -2.34. The van der Waals surface area contributed by atoms with Crippen molar-refractivity contribution in [3.05, 3.63) is 31.9 Å². The maximum Gasteiger partial charge on any atom is 0.335 e. The zero-order valence-corrected chi connectivity index (χ0v) is 12.2. The van der Waals surface area contributed by atoms with Crippen LogP contribution in [0.5, 0.6) is 0 Å². The van der Waals surface area contributed by atoms with Gasteiger partial charge in [0.15, 0.2) is 0 Å². The highest BCUT2D eigenvalue weighted by molar-refractivity contribution is 14.1. The second kappa shape index (κ2) is 4.43. The molecule has 98 valence electrons. The lowest BCUT2D eigenvalue weighted by molar-refractivity contribution is -0.0870. The van der Waals surface area contributed by atoms with Crippen LogP contribution in [0.2, 0.25) is 0 Å². The first kappa shape index (κ1) is 13.7. The summed E-state index contributed by atoms with van der Waals surface area (Å²) in [7, 11) is 0. The smallest absolute Gasteiger partial charge is 0.335 e. The topological polar surface area (TPSA) is 37.3 Å². The first-order valence-corrected chi connectivity index (χ1v) is 6.71. The molecule has 0 heterocycles. The van der Waals surface area contributed by atoms with E-state index in [0.717, 1.165) is 14.7 Å². The Bertz CT molecular complexity index is 518. The molecular weight excluding hydrogens is 353 g/mol. The number of carboxylic acids is 1. The van der Waals surface area contributed by atoms with Crippen LogP contribution in [-0.4, -0.2) is 17.0 Å². The van der Waals surface area contributed by atoms with E-state index >= 15 is 0 Å². The highest BCUT2D eigenvalue weighted by Gasteiger charge is 2.47.